The van der Waals surface area contributed by atoms with Crippen LogP contribution < -0.4 is 0 Å². The molecule has 3 heterocycles. The van der Waals surface area contributed by atoms with E-state index in [9.17, 15) is 4.79 Å². The molecule has 22 heavy (non-hydrogen) atoms. The molecule has 0 N–H and O–H groups in total. The van der Waals surface area contributed by atoms with Crippen molar-refractivity contribution in [3.05, 3.63) is 30.1 Å². The van der Waals surface area contributed by atoms with Crippen LogP contribution in [0.15, 0.2) is 24.5 Å². The first kappa shape index (κ1) is 15.5. The van der Waals surface area contributed by atoms with Crippen molar-refractivity contribution in [2.24, 2.45) is 11.3 Å². The van der Waals surface area contributed by atoms with E-state index in [-0.39, 0.29) is 5.41 Å². The van der Waals surface area contributed by atoms with Crippen LogP contribution in [-0.4, -0.2) is 46.9 Å². The monoisotopic (exact) mass is 301 g/mol. The molecule has 0 aliphatic carbocycles. The Kier molecular flexibility index (Phi) is 4.48. The van der Waals surface area contributed by atoms with Gasteiger partial charge in [0, 0.05) is 32.0 Å². The summed E-state index contributed by atoms with van der Waals surface area (Å²) in [7, 11) is 0. The van der Waals surface area contributed by atoms with E-state index in [1.165, 1.54) is 5.56 Å². The minimum Gasteiger partial charge on any atom is -0.342 e. The summed E-state index contributed by atoms with van der Waals surface area (Å²) in [6, 6.07) is 4.12. The fourth-order valence-corrected chi connectivity index (χ4v) is 3.86. The van der Waals surface area contributed by atoms with Gasteiger partial charge in [-0.3, -0.25) is 14.7 Å². The van der Waals surface area contributed by atoms with Gasteiger partial charge in [0.25, 0.3) is 0 Å². The van der Waals surface area contributed by atoms with Crippen molar-refractivity contribution < 1.29 is 4.79 Å². The third-order valence-corrected chi connectivity index (χ3v) is 5.13. The first-order valence-corrected chi connectivity index (χ1v) is 8.50. The minimum absolute atomic E-state index is 0.0552. The number of hydrogen-bond acceptors (Lipinski definition) is 3. The van der Waals surface area contributed by atoms with Gasteiger partial charge in [-0.1, -0.05) is 19.9 Å². The van der Waals surface area contributed by atoms with Crippen LogP contribution >= 0.6 is 0 Å². The second kappa shape index (κ2) is 6.37. The molecule has 0 saturated carbocycles. The van der Waals surface area contributed by atoms with E-state index in [0.29, 0.717) is 11.8 Å². The van der Waals surface area contributed by atoms with E-state index in [4.69, 9.17) is 0 Å². The molecule has 1 spiro atoms. The fraction of sp³-hybridized carbons (Fsp3) is 0.667. The highest BCUT2D eigenvalue weighted by atomic mass is 16.2. The first-order valence-electron chi connectivity index (χ1n) is 8.50. The third-order valence-electron chi connectivity index (χ3n) is 5.13. The topological polar surface area (TPSA) is 36.4 Å². The lowest BCUT2D eigenvalue weighted by Gasteiger charge is -2.38. The van der Waals surface area contributed by atoms with Crippen molar-refractivity contribution >= 4 is 5.91 Å². The Morgan fingerprint density at radius 1 is 1.23 bits per heavy atom. The second-order valence-electron chi connectivity index (χ2n) is 7.31. The lowest BCUT2D eigenvalue weighted by Crippen LogP contribution is -2.44. The maximum Gasteiger partial charge on any atom is 0.228 e. The van der Waals surface area contributed by atoms with E-state index in [0.717, 1.165) is 52.0 Å². The first-order chi connectivity index (χ1) is 10.6. The van der Waals surface area contributed by atoms with Gasteiger partial charge in [0.1, 0.15) is 0 Å². The normalized spacial score (nSPS) is 22.0. The number of carbonyl (C=O) groups is 1. The Hall–Kier alpha value is -1.42. The summed E-state index contributed by atoms with van der Waals surface area (Å²) >= 11 is 0. The smallest absolute Gasteiger partial charge is 0.228 e. The molecule has 3 rings (SSSR count). The summed E-state index contributed by atoms with van der Waals surface area (Å²) in [6.07, 6.45) is 6.84. The number of nitrogens with zero attached hydrogens (tertiary/aromatic N) is 3. The molecular formula is C18H27N3O. The van der Waals surface area contributed by atoms with Crippen LogP contribution in [0.5, 0.6) is 0 Å². The quantitative estimate of drug-likeness (QED) is 0.857. The van der Waals surface area contributed by atoms with E-state index < -0.39 is 0 Å². The van der Waals surface area contributed by atoms with Crippen molar-refractivity contribution in [2.45, 2.75) is 39.7 Å². The molecule has 0 atom stereocenters. The van der Waals surface area contributed by atoms with Gasteiger partial charge in [-0.25, -0.2) is 0 Å². The van der Waals surface area contributed by atoms with Crippen molar-refractivity contribution in [1.82, 2.24) is 14.8 Å². The summed E-state index contributed by atoms with van der Waals surface area (Å²) in [5.41, 5.74) is 1.21. The maximum atomic E-state index is 12.8. The highest BCUT2D eigenvalue weighted by Crippen LogP contribution is 2.41. The Balaban J connectivity index is 1.56. The molecule has 2 aliphatic rings. The molecule has 2 saturated heterocycles. The van der Waals surface area contributed by atoms with Gasteiger partial charge in [-0.05, 0) is 49.9 Å². The molecule has 120 valence electrons. The van der Waals surface area contributed by atoms with Crippen LogP contribution in [0.1, 0.15) is 38.7 Å². The minimum atomic E-state index is -0.0552. The predicted octanol–water partition coefficient (Wildman–Crippen LogP) is 2.55. The van der Waals surface area contributed by atoms with Crippen LogP contribution in [-0.2, 0) is 11.3 Å². The molecule has 1 aromatic heterocycles. The molecule has 0 aromatic carbocycles. The maximum absolute atomic E-state index is 12.8. The summed E-state index contributed by atoms with van der Waals surface area (Å²) in [4.78, 5) is 21.5. The van der Waals surface area contributed by atoms with Crippen LogP contribution in [0.4, 0.5) is 0 Å². The lowest BCUT2D eigenvalue weighted by atomic mass is 9.77. The van der Waals surface area contributed by atoms with Gasteiger partial charge in [0.15, 0.2) is 0 Å². The van der Waals surface area contributed by atoms with Gasteiger partial charge in [0.2, 0.25) is 5.91 Å². The van der Waals surface area contributed by atoms with Crippen molar-refractivity contribution in [1.29, 1.82) is 0 Å². The molecular weight excluding hydrogens is 274 g/mol. The molecule has 0 unspecified atom stereocenters. The average Bonchev–Trinajstić information content (AvgIpc) is 2.80. The van der Waals surface area contributed by atoms with Crippen LogP contribution in [0.2, 0.25) is 0 Å². The van der Waals surface area contributed by atoms with Gasteiger partial charge in [-0.2, -0.15) is 0 Å². The zero-order valence-electron chi connectivity index (χ0n) is 13.8. The van der Waals surface area contributed by atoms with Crippen LogP contribution in [0.25, 0.3) is 0 Å². The van der Waals surface area contributed by atoms with Crippen molar-refractivity contribution in [2.75, 3.05) is 26.2 Å². The summed E-state index contributed by atoms with van der Waals surface area (Å²) < 4.78 is 0. The summed E-state index contributed by atoms with van der Waals surface area (Å²) in [5, 5.41) is 0. The Morgan fingerprint density at radius 3 is 2.59 bits per heavy atom. The van der Waals surface area contributed by atoms with E-state index in [2.05, 4.69) is 34.7 Å². The highest BCUT2D eigenvalue weighted by Gasteiger charge is 2.47. The second-order valence-corrected chi connectivity index (χ2v) is 7.31. The fourth-order valence-electron chi connectivity index (χ4n) is 3.86. The number of rotatable bonds is 4. The molecule has 4 nitrogen and oxygen atoms in total. The van der Waals surface area contributed by atoms with E-state index in [1.807, 2.05) is 18.5 Å². The van der Waals surface area contributed by atoms with Gasteiger partial charge < -0.3 is 4.90 Å². The molecule has 1 amide bonds. The number of amides is 1. The van der Waals surface area contributed by atoms with E-state index >= 15 is 0 Å². The van der Waals surface area contributed by atoms with Crippen LogP contribution in [0, 0.1) is 11.3 Å². The number of likely N-dealkylation sites (tertiary alicyclic amines) is 2. The molecule has 2 fully saturated rings. The number of carbonyl (C=O) groups excluding carboxylic acids is 1. The number of pyridine rings is 1. The van der Waals surface area contributed by atoms with Gasteiger partial charge in [0.05, 0.1) is 5.41 Å². The average molecular weight is 301 g/mol. The number of aromatic nitrogens is 1. The molecule has 0 radical (unpaired) electrons. The largest absolute Gasteiger partial charge is 0.342 e. The number of hydrogen-bond donors (Lipinski definition) is 0. The highest BCUT2D eigenvalue weighted by molar-refractivity contribution is 5.85. The van der Waals surface area contributed by atoms with Gasteiger partial charge in [-0.15, -0.1) is 0 Å². The van der Waals surface area contributed by atoms with Gasteiger partial charge >= 0.3 is 0 Å². The third kappa shape index (κ3) is 3.17. The SMILES string of the molecule is CC(C)CN1CCC2(CCN(Cc3cccnc3)CC2)C1=O. The standard InChI is InChI=1S/C18H27N3O/c1-15(2)13-21-11-7-18(17(21)22)5-9-20(10-6-18)14-16-4-3-8-19-12-16/h3-4,8,12,15H,5-7,9-11,13-14H2,1-2H3. The predicted molar refractivity (Wildman–Crippen MR) is 87.2 cm³/mol. The Morgan fingerprint density at radius 2 is 1.95 bits per heavy atom. The molecule has 1 aromatic rings. The van der Waals surface area contributed by atoms with E-state index in [1.54, 1.807) is 0 Å². The molecule has 2 aliphatic heterocycles. The zero-order chi connectivity index (χ0) is 15.6. The number of piperidine rings is 1. The van der Waals surface area contributed by atoms with Crippen molar-refractivity contribution in [3.8, 4) is 0 Å². The van der Waals surface area contributed by atoms with Crippen molar-refractivity contribution in [3.63, 3.8) is 0 Å². The summed E-state index contributed by atoms with van der Waals surface area (Å²) in [5.74, 6) is 0.979. The lowest BCUT2D eigenvalue weighted by molar-refractivity contribution is -0.138. The Bertz CT molecular complexity index is 506. The van der Waals surface area contributed by atoms with Crippen LogP contribution in [0.3, 0.4) is 0 Å². The molecule has 0 bridgehead atoms. The zero-order valence-corrected chi connectivity index (χ0v) is 13.8. The summed E-state index contributed by atoms with van der Waals surface area (Å²) in [6.45, 7) is 9.25. The molecule has 4 heteroatoms. The Labute approximate surface area is 133 Å².